The number of nitrogens with one attached hydrogen (secondary N) is 1. The van der Waals surface area contributed by atoms with Crippen LogP contribution in [0.3, 0.4) is 0 Å². The first-order valence-electron chi connectivity index (χ1n) is 11.8. The molecule has 0 unspecified atom stereocenters. The van der Waals surface area contributed by atoms with Crippen molar-refractivity contribution >= 4 is 28.7 Å². The number of ether oxygens (including phenoxy) is 1. The molecular weight excluding hydrogens is 470 g/mol. The highest BCUT2D eigenvalue weighted by Crippen LogP contribution is 2.30. The summed E-state index contributed by atoms with van der Waals surface area (Å²) in [7, 11) is 0. The molecule has 0 spiro atoms. The molecule has 8 heteroatoms. The number of rotatable bonds is 7. The summed E-state index contributed by atoms with van der Waals surface area (Å²) < 4.78 is 16.4. The Morgan fingerprint density at radius 2 is 1.73 bits per heavy atom. The third-order valence-corrected chi connectivity index (χ3v) is 6.02. The third-order valence-electron chi connectivity index (χ3n) is 6.02. The van der Waals surface area contributed by atoms with Crippen molar-refractivity contribution in [2.45, 2.75) is 27.2 Å². The molecule has 0 bridgehead atoms. The summed E-state index contributed by atoms with van der Waals surface area (Å²) in [6, 6.07) is 21.0. The fourth-order valence-electron chi connectivity index (χ4n) is 4.29. The molecule has 186 valence electrons. The standard InChI is InChI=1S/C29H25N3O5/c1-17-13-22(19(3)36-17)25-15-23(27-18(2)32-37-28(27)31-25)29(34)35-16-26(33)30-24-12-8-7-11-21(24)14-20-9-5-4-6-10-20/h4-13,15H,14,16H2,1-3H3,(H,30,33). The van der Waals surface area contributed by atoms with Crippen LogP contribution in [0.15, 0.2) is 75.7 Å². The number of hydrogen-bond acceptors (Lipinski definition) is 7. The average molecular weight is 496 g/mol. The van der Waals surface area contributed by atoms with E-state index in [1.165, 1.54) is 0 Å². The predicted octanol–water partition coefficient (Wildman–Crippen LogP) is 5.79. The minimum Gasteiger partial charge on any atom is -0.466 e. The highest BCUT2D eigenvalue weighted by atomic mass is 16.5. The Labute approximate surface area is 213 Å². The summed E-state index contributed by atoms with van der Waals surface area (Å²) in [5.41, 5.74) is 4.90. The van der Waals surface area contributed by atoms with Crippen molar-refractivity contribution in [3.05, 3.63) is 101 Å². The van der Waals surface area contributed by atoms with E-state index in [0.717, 1.165) is 22.5 Å². The molecule has 0 atom stereocenters. The fraction of sp³-hybridized carbons (Fsp3) is 0.172. The van der Waals surface area contributed by atoms with Gasteiger partial charge in [0.1, 0.15) is 11.5 Å². The molecule has 1 N–H and O–H groups in total. The second-order valence-electron chi connectivity index (χ2n) is 8.77. The number of amides is 1. The van der Waals surface area contributed by atoms with Gasteiger partial charge in [0.2, 0.25) is 0 Å². The van der Waals surface area contributed by atoms with Gasteiger partial charge in [-0.05, 0) is 56.5 Å². The zero-order valence-electron chi connectivity index (χ0n) is 20.7. The lowest BCUT2D eigenvalue weighted by atomic mass is 10.0. The Hall–Kier alpha value is -4.72. The number of para-hydroxylation sites is 1. The van der Waals surface area contributed by atoms with Crippen molar-refractivity contribution in [3.8, 4) is 11.3 Å². The van der Waals surface area contributed by atoms with E-state index >= 15 is 0 Å². The molecule has 0 radical (unpaired) electrons. The molecule has 3 heterocycles. The average Bonchev–Trinajstić information content (AvgIpc) is 3.44. The minimum atomic E-state index is -0.675. The summed E-state index contributed by atoms with van der Waals surface area (Å²) in [5.74, 6) is 0.262. The van der Waals surface area contributed by atoms with Crippen LogP contribution in [0.2, 0.25) is 0 Å². The van der Waals surface area contributed by atoms with Gasteiger partial charge in [0.05, 0.1) is 22.3 Å². The molecule has 0 aliphatic carbocycles. The SMILES string of the molecule is Cc1cc(-c2cc(C(=O)OCC(=O)Nc3ccccc3Cc3ccccc3)c3c(C)noc3n2)c(C)o1. The van der Waals surface area contributed by atoms with E-state index in [-0.39, 0.29) is 11.3 Å². The minimum absolute atomic E-state index is 0.208. The summed E-state index contributed by atoms with van der Waals surface area (Å²) in [6.07, 6.45) is 0.661. The Kier molecular flexibility index (Phi) is 6.55. The summed E-state index contributed by atoms with van der Waals surface area (Å²) in [5, 5.41) is 7.25. The Balaban J connectivity index is 1.33. The monoisotopic (exact) mass is 495 g/mol. The molecule has 0 aliphatic heterocycles. The maximum Gasteiger partial charge on any atom is 0.339 e. The van der Waals surface area contributed by atoms with E-state index in [4.69, 9.17) is 13.7 Å². The lowest BCUT2D eigenvalue weighted by Crippen LogP contribution is -2.21. The van der Waals surface area contributed by atoms with E-state index < -0.39 is 18.5 Å². The Morgan fingerprint density at radius 3 is 2.49 bits per heavy atom. The number of fused-ring (bicyclic) bond motifs is 1. The number of aryl methyl sites for hydroxylation is 3. The molecule has 0 fully saturated rings. The van der Waals surface area contributed by atoms with Crippen molar-refractivity contribution in [1.82, 2.24) is 10.1 Å². The van der Waals surface area contributed by atoms with Gasteiger partial charge in [0, 0.05) is 11.3 Å². The number of pyridine rings is 1. The lowest BCUT2D eigenvalue weighted by molar-refractivity contribution is -0.119. The number of aromatic nitrogens is 2. The number of nitrogens with zero attached hydrogens (tertiary/aromatic N) is 2. The van der Waals surface area contributed by atoms with E-state index in [1.807, 2.05) is 74.5 Å². The van der Waals surface area contributed by atoms with E-state index in [2.05, 4.69) is 15.5 Å². The van der Waals surface area contributed by atoms with Gasteiger partial charge in [0.15, 0.2) is 6.61 Å². The van der Waals surface area contributed by atoms with Crippen molar-refractivity contribution in [2.24, 2.45) is 0 Å². The molecule has 5 rings (SSSR count). The van der Waals surface area contributed by atoms with Crippen molar-refractivity contribution in [3.63, 3.8) is 0 Å². The molecule has 1 amide bonds. The third kappa shape index (κ3) is 5.13. The number of hydrogen-bond donors (Lipinski definition) is 1. The van der Waals surface area contributed by atoms with Gasteiger partial charge in [-0.25, -0.2) is 9.78 Å². The number of anilines is 1. The van der Waals surface area contributed by atoms with Crippen LogP contribution in [0, 0.1) is 20.8 Å². The number of esters is 1. The van der Waals surface area contributed by atoms with Crippen LogP contribution in [0.25, 0.3) is 22.4 Å². The van der Waals surface area contributed by atoms with Crippen molar-refractivity contribution in [1.29, 1.82) is 0 Å². The van der Waals surface area contributed by atoms with Crippen LogP contribution in [0.1, 0.15) is 38.7 Å². The highest BCUT2D eigenvalue weighted by Gasteiger charge is 2.22. The van der Waals surface area contributed by atoms with Crippen LogP contribution < -0.4 is 5.32 Å². The summed E-state index contributed by atoms with van der Waals surface area (Å²) >= 11 is 0. The van der Waals surface area contributed by atoms with Crippen molar-refractivity contribution < 1.29 is 23.3 Å². The van der Waals surface area contributed by atoms with Gasteiger partial charge in [-0.1, -0.05) is 53.7 Å². The molecule has 5 aromatic rings. The molecule has 0 saturated heterocycles. The number of furan rings is 1. The zero-order valence-corrected chi connectivity index (χ0v) is 20.7. The summed E-state index contributed by atoms with van der Waals surface area (Å²) in [4.78, 5) is 30.4. The first-order valence-corrected chi connectivity index (χ1v) is 11.8. The maximum absolute atomic E-state index is 13.1. The molecule has 3 aromatic heterocycles. The molecule has 37 heavy (non-hydrogen) atoms. The van der Waals surface area contributed by atoms with Crippen LogP contribution in [0.4, 0.5) is 5.69 Å². The number of carbonyl (C=O) groups is 2. The lowest BCUT2D eigenvalue weighted by Gasteiger charge is -2.12. The molecule has 0 saturated carbocycles. The molecule has 0 aliphatic rings. The van der Waals surface area contributed by atoms with E-state index in [0.29, 0.717) is 34.6 Å². The van der Waals surface area contributed by atoms with Gasteiger partial charge in [-0.15, -0.1) is 0 Å². The van der Waals surface area contributed by atoms with Gasteiger partial charge in [0.25, 0.3) is 11.6 Å². The van der Waals surface area contributed by atoms with E-state index in [9.17, 15) is 9.59 Å². The van der Waals surface area contributed by atoms with Gasteiger partial charge in [-0.3, -0.25) is 4.79 Å². The maximum atomic E-state index is 13.1. The summed E-state index contributed by atoms with van der Waals surface area (Å²) in [6.45, 7) is 4.91. The predicted molar refractivity (Wildman–Crippen MR) is 138 cm³/mol. The van der Waals surface area contributed by atoms with Gasteiger partial charge in [-0.2, -0.15) is 0 Å². The first kappa shape index (κ1) is 24.0. The molecule has 8 nitrogen and oxygen atoms in total. The second-order valence-corrected chi connectivity index (χ2v) is 8.77. The molecular formula is C29H25N3O5. The zero-order chi connectivity index (χ0) is 25.9. The van der Waals surface area contributed by atoms with Crippen LogP contribution >= 0.6 is 0 Å². The Bertz CT molecular complexity index is 1600. The fourth-order valence-corrected chi connectivity index (χ4v) is 4.29. The second kappa shape index (κ2) is 10.1. The van der Waals surface area contributed by atoms with Crippen LogP contribution in [0.5, 0.6) is 0 Å². The highest BCUT2D eigenvalue weighted by molar-refractivity contribution is 6.05. The van der Waals surface area contributed by atoms with Crippen molar-refractivity contribution in [2.75, 3.05) is 11.9 Å². The van der Waals surface area contributed by atoms with Gasteiger partial charge < -0.3 is 19.0 Å². The smallest absolute Gasteiger partial charge is 0.339 e. The van der Waals surface area contributed by atoms with Crippen LogP contribution in [-0.2, 0) is 16.0 Å². The Morgan fingerprint density at radius 1 is 0.973 bits per heavy atom. The van der Waals surface area contributed by atoms with E-state index in [1.54, 1.807) is 13.0 Å². The normalized spacial score (nSPS) is 11.0. The van der Waals surface area contributed by atoms with Gasteiger partial charge >= 0.3 is 5.97 Å². The molecule has 2 aromatic carbocycles. The van der Waals surface area contributed by atoms with Crippen LogP contribution in [-0.4, -0.2) is 28.6 Å². The number of benzene rings is 2. The topological polar surface area (TPSA) is 107 Å². The largest absolute Gasteiger partial charge is 0.466 e. The first-order chi connectivity index (χ1) is 17.9. The number of carbonyl (C=O) groups excluding carboxylic acids is 2. The quantitative estimate of drug-likeness (QED) is 0.285.